The molecule has 36 heavy (non-hydrogen) atoms. The number of nitrogens with zero attached hydrogens (tertiary/aromatic N) is 1. The van der Waals surface area contributed by atoms with Crippen LogP contribution in [-0.4, -0.2) is 31.5 Å². The summed E-state index contributed by atoms with van der Waals surface area (Å²) >= 11 is 0. The van der Waals surface area contributed by atoms with Gasteiger partial charge in [0.15, 0.2) is 11.5 Å². The van der Waals surface area contributed by atoms with Crippen molar-refractivity contribution in [2.24, 2.45) is 5.92 Å². The second-order valence-corrected chi connectivity index (χ2v) is 8.68. The first-order valence-electron chi connectivity index (χ1n) is 11.7. The Morgan fingerprint density at radius 2 is 1.58 bits per heavy atom. The van der Waals surface area contributed by atoms with Gasteiger partial charge >= 0.3 is 5.97 Å². The van der Waals surface area contributed by atoms with E-state index in [9.17, 15) is 14.4 Å². The van der Waals surface area contributed by atoms with E-state index in [1.165, 1.54) is 18.2 Å². The van der Waals surface area contributed by atoms with Gasteiger partial charge in [-0.2, -0.15) is 0 Å². The van der Waals surface area contributed by atoms with Gasteiger partial charge in [-0.05, 0) is 72.5 Å². The molecule has 1 heterocycles. The number of ether oxygens (including phenoxy) is 3. The topological polar surface area (TPSA) is 82.1 Å². The number of benzene rings is 3. The first kappa shape index (κ1) is 24.7. The van der Waals surface area contributed by atoms with Crippen molar-refractivity contribution in [2.75, 3.05) is 18.6 Å². The van der Waals surface area contributed by atoms with E-state index in [-0.39, 0.29) is 17.6 Å². The van der Waals surface area contributed by atoms with E-state index in [4.69, 9.17) is 14.2 Å². The summed E-state index contributed by atoms with van der Waals surface area (Å²) in [6.07, 6.45) is 3.87. The molecule has 0 N–H and O–H groups in total. The van der Waals surface area contributed by atoms with Crippen LogP contribution in [0.3, 0.4) is 0 Å². The molecule has 1 aliphatic rings. The third-order valence-corrected chi connectivity index (χ3v) is 5.66. The number of fused-ring (bicyclic) bond motifs is 1. The Bertz CT molecular complexity index is 1270. The van der Waals surface area contributed by atoms with Gasteiger partial charge in [-0.25, -0.2) is 9.69 Å². The number of carbonyl (C=O) groups is 3. The minimum atomic E-state index is -0.570. The third kappa shape index (κ3) is 5.46. The fraction of sp³-hybridized carbons (Fsp3) is 0.207. The summed E-state index contributed by atoms with van der Waals surface area (Å²) in [6, 6.07) is 18.3. The molecule has 184 valence electrons. The lowest BCUT2D eigenvalue weighted by Gasteiger charge is -2.14. The Balaban J connectivity index is 1.37. The highest BCUT2D eigenvalue weighted by molar-refractivity contribution is 6.34. The highest BCUT2D eigenvalue weighted by atomic mass is 16.5. The predicted octanol–water partition coefficient (Wildman–Crippen LogP) is 5.54. The van der Waals surface area contributed by atoms with Crippen LogP contribution in [0.5, 0.6) is 17.2 Å². The Morgan fingerprint density at radius 1 is 0.917 bits per heavy atom. The molecule has 0 atom stereocenters. The Labute approximate surface area is 209 Å². The van der Waals surface area contributed by atoms with Crippen molar-refractivity contribution < 1.29 is 28.6 Å². The summed E-state index contributed by atoms with van der Waals surface area (Å²) in [7, 11) is 1.57. The van der Waals surface area contributed by atoms with E-state index in [0.717, 1.165) is 16.9 Å². The van der Waals surface area contributed by atoms with Crippen LogP contribution in [0.1, 0.15) is 46.5 Å². The van der Waals surface area contributed by atoms with Crippen LogP contribution in [0.25, 0.3) is 6.08 Å². The van der Waals surface area contributed by atoms with Crippen molar-refractivity contribution in [2.45, 2.75) is 20.3 Å². The van der Waals surface area contributed by atoms with Crippen LogP contribution in [0.15, 0.2) is 72.8 Å². The number of imide groups is 1. The average Bonchev–Trinajstić information content (AvgIpc) is 3.13. The molecule has 4 rings (SSSR count). The molecule has 0 unspecified atom stereocenters. The van der Waals surface area contributed by atoms with Crippen molar-refractivity contribution >= 4 is 29.5 Å². The second-order valence-electron chi connectivity index (χ2n) is 8.68. The molecule has 0 saturated carbocycles. The average molecular weight is 486 g/mol. The minimum Gasteiger partial charge on any atom is -0.493 e. The summed E-state index contributed by atoms with van der Waals surface area (Å²) < 4.78 is 16.6. The summed E-state index contributed by atoms with van der Waals surface area (Å²) in [6.45, 7) is 4.87. The molecule has 1 aliphatic heterocycles. The normalized spacial score (nSPS) is 12.8. The second kappa shape index (κ2) is 10.9. The van der Waals surface area contributed by atoms with Gasteiger partial charge in [-0.3, -0.25) is 9.59 Å². The maximum Gasteiger partial charge on any atom is 0.336 e. The molecule has 7 nitrogen and oxygen atoms in total. The molecular weight excluding hydrogens is 458 g/mol. The molecule has 3 aromatic carbocycles. The lowest BCUT2D eigenvalue weighted by atomic mass is 10.1. The highest BCUT2D eigenvalue weighted by Crippen LogP contribution is 2.30. The van der Waals surface area contributed by atoms with Gasteiger partial charge in [0.1, 0.15) is 5.75 Å². The van der Waals surface area contributed by atoms with Gasteiger partial charge in [0.25, 0.3) is 11.8 Å². The van der Waals surface area contributed by atoms with Gasteiger partial charge in [0.05, 0.1) is 30.5 Å². The van der Waals surface area contributed by atoms with E-state index >= 15 is 0 Å². The first-order chi connectivity index (χ1) is 17.4. The monoisotopic (exact) mass is 485 g/mol. The minimum absolute atomic E-state index is 0.288. The van der Waals surface area contributed by atoms with Gasteiger partial charge in [0, 0.05) is 6.08 Å². The summed E-state index contributed by atoms with van der Waals surface area (Å²) in [4.78, 5) is 38.7. The SMILES string of the molecule is COc1cc(/C=C/C(=O)Oc2ccc(N3C(=O)c4ccccc4C3=O)cc2)ccc1OCCC(C)C. The number of anilines is 1. The zero-order valence-electron chi connectivity index (χ0n) is 20.4. The number of hydrogen-bond donors (Lipinski definition) is 0. The first-order valence-corrected chi connectivity index (χ1v) is 11.7. The van der Waals surface area contributed by atoms with Crippen molar-refractivity contribution in [3.63, 3.8) is 0 Å². The van der Waals surface area contributed by atoms with Crippen LogP contribution in [-0.2, 0) is 4.79 Å². The molecule has 0 aromatic heterocycles. The largest absolute Gasteiger partial charge is 0.493 e. The lowest BCUT2D eigenvalue weighted by Crippen LogP contribution is -2.29. The van der Waals surface area contributed by atoms with Gasteiger partial charge < -0.3 is 14.2 Å². The highest BCUT2D eigenvalue weighted by Gasteiger charge is 2.36. The molecule has 0 radical (unpaired) electrons. The van der Waals surface area contributed by atoms with E-state index in [1.54, 1.807) is 55.7 Å². The smallest absolute Gasteiger partial charge is 0.336 e. The van der Waals surface area contributed by atoms with E-state index in [2.05, 4.69) is 13.8 Å². The zero-order valence-corrected chi connectivity index (χ0v) is 20.4. The molecular formula is C29H27NO6. The van der Waals surface area contributed by atoms with Gasteiger partial charge in [0.2, 0.25) is 0 Å². The van der Waals surface area contributed by atoms with Crippen LogP contribution in [0.4, 0.5) is 5.69 Å². The summed E-state index contributed by atoms with van der Waals surface area (Å²) in [5.74, 6) is 0.734. The number of carbonyl (C=O) groups excluding carboxylic acids is 3. The fourth-order valence-corrected chi connectivity index (χ4v) is 3.71. The van der Waals surface area contributed by atoms with Crippen molar-refractivity contribution in [3.05, 3.63) is 89.5 Å². The quantitative estimate of drug-likeness (QED) is 0.171. The van der Waals surface area contributed by atoms with Crippen LogP contribution >= 0.6 is 0 Å². The Kier molecular flexibility index (Phi) is 7.49. The van der Waals surface area contributed by atoms with Crippen molar-refractivity contribution in [1.29, 1.82) is 0 Å². The van der Waals surface area contributed by atoms with E-state index < -0.39 is 5.97 Å². The molecule has 0 spiro atoms. The molecule has 7 heteroatoms. The molecule has 0 bridgehead atoms. The molecule has 0 aliphatic carbocycles. The van der Waals surface area contributed by atoms with E-state index in [0.29, 0.717) is 40.8 Å². The van der Waals surface area contributed by atoms with Crippen molar-refractivity contribution in [3.8, 4) is 17.2 Å². The number of esters is 1. The van der Waals surface area contributed by atoms with Crippen molar-refractivity contribution in [1.82, 2.24) is 0 Å². The third-order valence-electron chi connectivity index (χ3n) is 5.66. The van der Waals surface area contributed by atoms with Crippen LogP contribution in [0, 0.1) is 5.92 Å². The summed E-state index contributed by atoms with van der Waals surface area (Å²) in [5.41, 5.74) is 1.89. The fourth-order valence-electron chi connectivity index (χ4n) is 3.71. The zero-order chi connectivity index (χ0) is 25.7. The number of amides is 2. The number of rotatable bonds is 9. The standard InChI is InChI=1S/C29H27NO6/c1-19(2)16-17-35-25-14-8-20(18-26(25)34-3)9-15-27(31)36-22-12-10-21(11-13-22)30-28(32)23-6-4-5-7-24(23)29(30)33/h4-15,18-19H,16-17H2,1-3H3/b15-9+. The predicted molar refractivity (Wildman–Crippen MR) is 137 cm³/mol. The molecule has 0 saturated heterocycles. The van der Waals surface area contributed by atoms with E-state index in [1.807, 2.05) is 12.1 Å². The maximum absolute atomic E-state index is 12.6. The summed E-state index contributed by atoms with van der Waals surface area (Å²) in [5, 5.41) is 0. The number of hydrogen-bond acceptors (Lipinski definition) is 6. The van der Waals surface area contributed by atoms with Gasteiger partial charge in [-0.15, -0.1) is 0 Å². The Hall–Kier alpha value is -4.39. The molecule has 2 amide bonds. The van der Waals surface area contributed by atoms with Gasteiger partial charge in [-0.1, -0.05) is 32.0 Å². The molecule has 3 aromatic rings. The molecule has 0 fully saturated rings. The Morgan fingerprint density at radius 3 is 2.19 bits per heavy atom. The van der Waals surface area contributed by atoms with Crippen LogP contribution < -0.4 is 19.1 Å². The number of methoxy groups -OCH3 is 1. The van der Waals surface area contributed by atoms with Crippen LogP contribution in [0.2, 0.25) is 0 Å². The lowest BCUT2D eigenvalue weighted by molar-refractivity contribution is -0.128. The maximum atomic E-state index is 12.6.